The van der Waals surface area contributed by atoms with E-state index in [1.54, 1.807) is 51.1 Å². The lowest BCUT2D eigenvalue weighted by molar-refractivity contribution is -0.380. The summed E-state index contributed by atoms with van der Waals surface area (Å²) < 4.78 is 30.5. The van der Waals surface area contributed by atoms with Gasteiger partial charge in [-0.05, 0) is 51.3 Å². The van der Waals surface area contributed by atoms with Crippen molar-refractivity contribution < 1.29 is 48.0 Å². The van der Waals surface area contributed by atoms with Crippen LogP contribution in [0.25, 0.3) is 0 Å². The number of carbonyl (C=O) groups excluding carboxylic acids is 4. The van der Waals surface area contributed by atoms with Gasteiger partial charge in [0.2, 0.25) is 0 Å². The molecule has 0 radical (unpaired) electrons. The minimum absolute atomic E-state index is 0.0383. The van der Waals surface area contributed by atoms with Crippen LogP contribution in [0.2, 0.25) is 0 Å². The van der Waals surface area contributed by atoms with Crippen molar-refractivity contribution >= 4 is 23.9 Å². The van der Waals surface area contributed by atoms with Crippen molar-refractivity contribution in [3.63, 3.8) is 0 Å². The Balaban J connectivity index is 1.67. The van der Waals surface area contributed by atoms with E-state index in [1.165, 1.54) is 13.8 Å². The zero-order valence-corrected chi connectivity index (χ0v) is 24.1. The first-order valence-corrected chi connectivity index (χ1v) is 14.1. The zero-order valence-electron chi connectivity index (χ0n) is 24.1. The van der Waals surface area contributed by atoms with Crippen LogP contribution in [0.4, 0.5) is 0 Å². The van der Waals surface area contributed by atoms with Crippen LogP contribution in [0, 0.1) is 16.7 Å². The molecule has 1 aromatic carbocycles. The Morgan fingerprint density at radius 1 is 1.02 bits per heavy atom. The van der Waals surface area contributed by atoms with Crippen molar-refractivity contribution in [1.82, 2.24) is 0 Å². The van der Waals surface area contributed by atoms with Crippen molar-refractivity contribution in [2.45, 2.75) is 95.9 Å². The van der Waals surface area contributed by atoms with Gasteiger partial charge >= 0.3 is 23.9 Å². The summed E-state index contributed by atoms with van der Waals surface area (Å²) in [5, 5.41) is 12.9. The average Bonchev–Trinajstić information content (AvgIpc) is 3.26. The highest BCUT2D eigenvalue weighted by Crippen LogP contribution is 2.75. The Hall–Kier alpha value is -3.24. The Kier molecular flexibility index (Phi) is 5.88. The number of carbonyl (C=O) groups is 4. The second-order valence-corrected chi connectivity index (χ2v) is 12.9. The van der Waals surface area contributed by atoms with Gasteiger partial charge in [0.25, 0.3) is 0 Å². The summed E-state index contributed by atoms with van der Waals surface area (Å²) in [6, 6.07) is 8.52. The molecule has 0 aromatic heterocycles. The highest BCUT2D eigenvalue weighted by molar-refractivity contribution is 5.91. The number of aliphatic hydroxyl groups is 1. The fraction of sp³-hybridized carbons (Fsp3) is 0.613. The largest absolute Gasteiger partial charge is 0.462 e. The maximum absolute atomic E-state index is 14.1. The number of cyclic esters (lactones) is 1. The van der Waals surface area contributed by atoms with Gasteiger partial charge in [-0.25, -0.2) is 9.59 Å². The molecule has 10 nitrogen and oxygen atoms in total. The third kappa shape index (κ3) is 3.26. The van der Waals surface area contributed by atoms with Crippen LogP contribution in [0.15, 0.2) is 41.5 Å². The molecule has 1 N–H and O–H groups in total. The van der Waals surface area contributed by atoms with Gasteiger partial charge in [-0.1, -0.05) is 30.7 Å². The van der Waals surface area contributed by atoms with E-state index in [0.717, 1.165) is 5.57 Å². The lowest BCUT2D eigenvalue weighted by atomic mass is 9.37. The highest BCUT2D eigenvalue weighted by Gasteiger charge is 2.87. The normalized spacial score (nSPS) is 41.6. The summed E-state index contributed by atoms with van der Waals surface area (Å²) in [5.74, 6) is -3.69. The molecule has 2 bridgehead atoms. The van der Waals surface area contributed by atoms with Crippen LogP contribution in [0.3, 0.4) is 0 Å². The molecule has 4 fully saturated rings. The summed E-state index contributed by atoms with van der Waals surface area (Å²) in [6.45, 7) is 9.52. The fourth-order valence-electron chi connectivity index (χ4n) is 8.97. The number of ether oxygens (including phenoxy) is 5. The first-order chi connectivity index (χ1) is 19.2. The summed E-state index contributed by atoms with van der Waals surface area (Å²) in [6.07, 6.45) is -1.86. The summed E-state index contributed by atoms with van der Waals surface area (Å²) in [7, 11) is 0. The maximum Gasteiger partial charge on any atom is 0.343 e. The van der Waals surface area contributed by atoms with Crippen LogP contribution >= 0.6 is 0 Å². The van der Waals surface area contributed by atoms with E-state index < -0.39 is 75.7 Å². The molecule has 6 rings (SSSR count). The van der Waals surface area contributed by atoms with Gasteiger partial charge in [0.05, 0.1) is 28.9 Å². The number of rotatable bonds is 4. The van der Waals surface area contributed by atoms with E-state index in [2.05, 4.69) is 0 Å². The first-order valence-electron chi connectivity index (χ1n) is 14.1. The molecule has 8 atom stereocenters. The molecule has 0 spiro atoms. The zero-order chi connectivity index (χ0) is 29.8. The number of allylic oxidation sites excluding steroid dienone is 1. The summed E-state index contributed by atoms with van der Waals surface area (Å²) >= 11 is 0. The van der Waals surface area contributed by atoms with Crippen molar-refractivity contribution in [2.24, 2.45) is 16.7 Å². The molecule has 220 valence electrons. The molecule has 2 saturated carbocycles. The first kappa shape index (κ1) is 27.9. The number of esters is 4. The van der Waals surface area contributed by atoms with Gasteiger partial charge in [0.15, 0.2) is 11.2 Å². The molecule has 0 unspecified atom stereocenters. The van der Waals surface area contributed by atoms with E-state index in [-0.39, 0.29) is 13.0 Å². The fourth-order valence-corrected chi connectivity index (χ4v) is 8.97. The van der Waals surface area contributed by atoms with Crippen molar-refractivity contribution in [1.29, 1.82) is 0 Å². The average molecular weight is 569 g/mol. The summed E-state index contributed by atoms with van der Waals surface area (Å²) in [4.78, 5) is 53.0. The van der Waals surface area contributed by atoms with Gasteiger partial charge in [-0.3, -0.25) is 9.59 Å². The number of hydrogen-bond donors (Lipinski definition) is 1. The SMILES string of the molecule is CC(=O)O[C@H]1C[C@H]2OC[C@@]2(OC(C)=O)[C@H]2[C@H](OC(=O)c3ccccc3)[C@]34CCC(C)=C3[C@@](O)(C(=O)OC4(C)C)[C@]12C. The van der Waals surface area contributed by atoms with Crippen molar-refractivity contribution in [3.8, 4) is 0 Å². The molecular formula is C31H36O10. The van der Waals surface area contributed by atoms with E-state index in [4.69, 9.17) is 23.7 Å². The molecule has 2 heterocycles. The topological polar surface area (TPSA) is 135 Å². The monoisotopic (exact) mass is 568 g/mol. The predicted molar refractivity (Wildman–Crippen MR) is 141 cm³/mol. The Morgan fingerprint density at radius 2 is 1.71 bits per heavy atom. The van der Waals surface area contributed by atoms with E-state index in [1.807, 2.05) is 6.92 Å². The minimum atomic E-state index is -2.27. The molecule has 10 heteroatoms. The standard InChI is InChI=1S/C31H36O10/c1-16-12-13-29-22(16)31(36,26(35)41-27(29,4)5)28(6)20(38-17(2)32)14-21-30(15-37-21,40-18(3)33)23(28)24(29)39-25(34)19-10-8-7-9-11-19/h7-11,20-21,23-24,36H,12-15H2,1-6H3/t20-,21+,23-,24-,28+,29-,30-,31+/m0/s1. The molecule has 2 aliphatic heterocycles. The number of hydrogen-bond acceptors (Lipinski definition) is 10. The van der Waals surface area contributed by atoms with Gasteiger partial charge < -0.3 is 28.8 Å². The van der Waals surface area contributed by atoms with Crippen LogP contribution in [-0.2, 0) is 38.1 Å². The van der Waals surface area contributed by atoms with E-state index in [9.17, 15) is 24.3 Å². The van der Waals surface area contributed by atoms with Crippen molar-refractivity contribution in [3.05, 3.63) is 47.0 Å². The Labute approximate surface area is 238 Å². The second-order valence-electron chi connectivity index (χ2n) is 12.9. The second kappa shape index (κ2) is 8.64. The van der Waals surface area contributed by atoms with E-state index >= 15 is 0 Å². The van der Waals surface area contributed by atoms with Crippen LogP contribution in [0.1, 0.15) is 71.2 Å². The van der Waals surface area contributed by atoms with Gasteiger partial charge in [0, 0.05) is 20.3 Å². The highest BCUT2D eigenvalue weighted by atomic mass is 16.6. The lowest BCUT2D eigenvalue weighted by Crippen LogP contribution is -2.87. The van der Waals surface area contributed by atoms with Crippen LogP contribution < -0.4 is 0 Å². The Bertz CT molecular complexity index is 1380. The number of benzene rings is 1. The lowest BCUT2D eigenvalue weighted by Gasteiger charge is -2.74. The van der Waals surface area contributed by atoms with Gasteiger partial charge in [0.1, 0.15) is 23.9 Å². The predicted octanol–water partition coefficient (Wildman–Crippen LogP) is 3.05. The van der Waals surface area contributed by atoms with Crippen LogP contribution in [0.5, 0.6) is 0 Å². The van der Waals surface area contributed by atoms with Crippen LogP contribution in [-0.4, -0.2) is 70.7 Å². The Morgan fingerprint density at radius 3 is 2.29 bits per heavy atom. The third-order valence-electron chi connectivity index (χ3n) is 10.6. The third-order valence-corrected chi connectivity index (χ3v) is 10.6. The van der Waals surface area contributed by atoms with Gasteiger partial charge in [-0.15, -0.1) is 0 Å². The van der Waals surface area contributed by atoms with Gasteiger partial charge in [-0.2, -0.15) is 0 Å². The smallest absolute Gasteiger partial charge is 0.343 e. The molecule has 1 aromatic rings. The van der Waals surface area contributed by atoms with E-state index in [0.29, 0.717) is 24.0 Å². The molecular weight excluding hydrogens is 532 g/mol. The molecule has 3 aliphatic carbocycles. The maximum atomic E-state index is 14.1. The quantitative estimate of drug-likeness (QED) is 0.328. The van der Waals surface area contributed by atoms with Crippen molar-refractivity contribution in [2.75, 3.05) is 6.61 Å². The molecule has 41 heavy (non-hydrogen) atoms. The minimum Gasteiger partial charge on any atom is -0.462 e. The summed E-state index contributed by atoms with van der Waals surface area (Å²) in [5.41, 5.74) is -6.12. The molecule has 0 amide bonds. The molecule has 2 saturated heterocycles. The molecule has 5 aliphatic rings. The number of fused-ring (bicyclic) bond motifs is 4.